The highest BCUT2D eigenvalue weighted by Crippen LogP contribution is 2.37. The third-order valence-electron chi connectivity index (χ3n) is 4.17. The monoisotopic (exact) mass is 350 g/mol. The average Bonchev–Trinajstić information content (AvgIpc) is 2.95. The molecule has 0 saturated carbocycles. The van der Waals surface area contributed by atoms with Crippen LogP contribution in [0.5, 0.6) is 0 Å². The summed E-state index contributed by atoms with van der Waals surface area (Å²) in [4.78, 5) is 1.55. The normalized spacial score (nSPS) is 19.6. The topological polar surface area (TPSA) is 38.0 Å². The molecule has 0 radical (unpaired) electrons. The van der Waals surface area contributed by atoms with Crippen LogP contribution in [-0.2, 0) is 12.8 Å². The number of hydrogen-bond donors (Lipinski definition) is 2. The first-order valence-corrected chi connectivity index (χ1v) is 8.72. The van der Waals surface area contributed by atoms with Crippen LogP contribution in [0.4, 0.5) is 0 Å². The summed E-state index contributed by atoms with van der Waals surface area (Å²) in [6.07, 6.45) is 4.72. The van der Waals surface area contributed by atoms with Crippen molar-refractivity contribution < 1.29 is 0 Å². The molecule has 20 heavy (non-hydrogen) atoms. The third kappa shape index (κ3) is 2.98. The summed E-state index contributed by atoms with van der Waals surface area (Å²) in [5.41, 5.74) is 5.91. The predicted octanol–water partition coefficient (Wildman–Crippen LogP) is 4.01. The Labute approximate surface area is 132 Å². The number of benzene rings is 1. The molecule has 0 fully saturated rings. The van der Waals surface area contributed by atoms with Gasteiger partial charge in [0.05, 0.1) is 0 Å². The van der Waals surface area contributed by atoms with Gasteiger partial charge in [-0.1, -0.05) is 28.1 Å². The second-order valence-corrected chi connectivity index (χ2v) is 7.32. The fourth-order valence-corrected chi connectivity index (χ4v) is 4.39. The van der Waals surface area contributed by atoms with Crippen LogP contribution in [0.15, 0.2) is 40.2 Å². The van der Waals surface area contributed by atoms with E-state index in [1.54, 1.807) is 4.88 Å². The van der Waals surface area contributed by atoms with Crippen molar-refractivity contribution in [2.75, 3.05) is 0 Å². The molecule has 3 rings (SSSR count). The van der Waals surface area contributed by atoms with Crippen molar-refractivity contribution in [2.24, 2.45) is 5.84 Å². The molecule has 4 heteroatoms. The molecule has 1 aromatic carbocycles. The molecule has 2 nitrogen and oxygen atoms in total. The van der Waals surface area contributed by atoms with Gasteiger partial charge < -0.3 is 0 Å². The highest BCUT2D eigenvalue weighted by molar-refractivity contribution is 9.10. The van der Waals surface area contributed by atoms with E-state index >= 15 is 0 Å². The Morgan fingerprint density at radius 2 is 2.10 bits per heavy atom. The molecule has 0 saturated heterocycles. The Morgan fingerprint density at radius 1 is 1.30 bits per heavy atom. The van der Waals surface area contributed by atoms with Gasteiger partial charge in [0.15, 0.2) is 0 Å². The number of fused-ring (bicyclic) bond motifs is 1. The molecular formula is C16H19BrN2S. The van der Waals surface area contributed by atoms with Crippen LogP contribution in [-0.4, -0.2) is 6.04 Å². The van der Waals surface area contributed by atoms with E-state index in [1.165, 1.54) is 30.4 Å². The molecule has 1 aliphatic rings. The lowest BCUT2D eigenvalue weighted by molar-refractivity contribution is 0.397. The van der Waals surface area contributed by atoms with Crippen LogP contribution in [0.25, 0.3) is 0 Å². The second-order valence-electron chi connectivity index (χ2n) is 5.40. The summed E-state index contributed by atoms with van der Waals surface area (Å²) in [5, 5.41) is 2.22. The lowest BCUT2D eigenvalue weighted by Crippen LogP contribution is -2.42. The van der Waals surface area contributed by atoms with Gasteiger partial charge in [0.2, 0.25) is 0 Å². The van der Waals surface area contributed by atoms with Crippen LogP contribution < -0.4 is 11.3 Å². The van der Waals surface area contributed by atoms with E-state index in [-0.39, 0.29) is 0 Å². The Morgan fingerprint density at radius 3 is 2.85 bits per heavy atom. The van der Waals surface area contributed by atoms with Crippen LogP contribution in [0.3, 0.4) is 0 Å². The largest absolute Gasteiger partial charge is 0.271 e. The molecule has 0 aliphatic heterocycles. The number of aryl methyl sites for hydroxylation is 1. The van der Waals surface area contributed by atoms with Gasteiger partial charge >= 0.3 is 0 Å². The number of rotatable bonds is 4. The van der Waals surface area contributed by atoms with Crippen LogP contribution in [0.1, 0.15) is 34.8 Å². The predicted molar refractivity (Wildman–Crippen MR) is 89.0 cm³/mol. The lowest BCUT2D eigenvalue weighted by Gasteiger charge is -2.30. The summed E-state index contributed by atoms with van der Waals surface area (Å²) >= 11 is 5.37. The van der Waals surface area contributed by atoms with Crippen LogP contribution >= 0.6 is 27.3 Å². The molecule has 1 aromatic heterocycles. The van der Waals surface area contributed by atoms with Crippen molar-refractivity contribution in [1.29, 1.82) is 0 Å². The van der Waals surface area contributed by atoms with Gasteiger partial charge in [-0.15, -0.1) is 11.3 Å². The van der Waals surface area contributed by atoms with Gasteiger partial charge in [0, 0.05) is 21.3 Å². The van der Waals surface area contributed by atoms with E-state index in [0.717, 1.165) is 10.9 Å². The summed E-state index contributed by atoms with van der Waals surface area (Å²) in [7, 11) is 0. The molecular weight excluding hydrogens is 332 g/mol. The smallest absolute Gasteiger partial charge is 0.0319 e. The van der Waals surface area contributed by atoms with E-state index in [1.807, 2.05) is 11.3 Å². The third-order valence-corrected chi connectivity index (χ3v) is 5.69. The van der Waals surface area contributed by atoms with Gasteiger partial charge in [-0.2, -0.15) is 0 Å². The molecule has 0 amide bonds. The minimum Gasteiger partial charge on any atom is -0.271 e. The van der Waals surface area contributed by atoms with E-state index in [2.05, 4.69) is 57.1 Å². The van der Waals surface area contributed by atoms with Crippen molar-refractivity contribution in [3.05, 3.63) is 56.2 Å². The van der Waals surface area contributed by atoms with Crippen molar-refractivity contribution in [2.45, 2.75) is 37.6 Å². The summed E-state index contributed by atoms with van der Waals surface area (Å²) in [6, 6.07) is 11.1. The van der Waals surface area contributed by atoms with Crippen LogP contribution in [0, 0.1) is 0 Å². The summed E-state index contributed by atoms with van der Waals surface area (Å²) in [5.74, 6) is 6.39. The highest BCUT2D eigenvalue weighted by Gasteiger charge is 2.28. The number of halogens is 1. The van der Waals surface area contributed by atoms with Crippen molar-refractivity contribution >= 4 is 27.3 Å². The molecule has 106 valence electrons. The van der Waals surface area contributed by atoms with Crippen LogP contribution in [0.2, 0.25) is 0 Å². The van der Waals surface area contributed by atoms with Gasteiger partial charge in [-0.3, -0.25) is 11.3 Å². The first-order valence-electron chi connectivity index (χ1n) is 7.05. The zero-order valence-corrected chi connectivity index (χ0v) is 13.7. The maximum Gasteiger partial charge on any atom is 0.0319 e. The number of hydrogen-bond acceptors (Lipinski definition) is 3. The molecule has 0 spiro atoms. The number of thiophene rings is 1. The summed E-state index contributed by atoms with van der Waals surface area (Å²) < 4.78 is 1.12. The first-order chi connectivity index (χ1) is 9.78. The van der Waals surface area contributed by atoms with Gasteiger partial charge in [0.25, 0.3) is 0 Å². The van der Waals surface area contributed by atoms with Gasteiger partial charge in [-0.05, 0) is 60.4 Å². The molecule has 1 heterocycles. The van der Waals surface area contributed by atoms with Gasteiger partial charge in [0.1, 0.15) is 0 Å². The Hall–Kier alpha value is -0.680. The fraction of sp³-hybridized carbons (Fsp3) is 0.375. The number of nitrogens with two attached hydrogens (primary N) is 1. The van der Waals surface area contributed by atoms with E-state index < -0.39 is 0 Å². The standard InChI is InChI=1S/C16H19BrN2S/c17-12-6-4-11(5-7-12)10-15(19-18)13-2-1-3-16-14(13)8-9-20-16/h4-9,13,15,19H,1-3,10,18H2. The van der Waals surface area contributed by atoms with Crippen molar-refractivity contribution in [1.82, 2.24) is 5.43 Å². The lowest BCUT2D eigenvalue weighted by atomic mass is 9.80. The van der Waals surface area contributed by atoms with Gasteiger partial charge in [-0.25, -0.2) is 0 Å². The second kappa shape index (κ2) is 6.39. The maximum atomic E-state index is 5.85. The molecule has 2 atom stereocenters. The first kappa shape index (κ1) is 14.3. The number of nitrogens with one attached hydrogen (secondary N) is 1. The van der Waals surface area contributed by atoms with E-state index in [9.17, 15) is 0 Å². The van der Waals surface area contributed by atoms with E-state index in [4.69, 9.17) is 5.84 Å². The maximum absolute atomic E-state index is 5.85. The SMILES string of the molecule is NNC(Cc1ccc(Br)cc1)C1CCCc2sccc21. The minimum atomic E-state index is 0.310. The molecule has 0 bridgehead atoms. The van der Waals surface area contributed by atoms with Crippen molar-refractivity contribution in [3.63, 3.8) is 0 Å². The average molecular weight is 351 g/mol. The molecule has 3 N–H and O–H groups in total. The quantitative estimate of drug-likeness (QED) is 0.645. The zero-order chi connectivity index (χ0) is 13.9. The van der Waals surface area contributed by atoms with Crippen molar-refractivity contribution in [3.8, 4) is 0 Å². The Balaban J connectivity index is 1.79. The molecule has 2 unspecified atom stereocenters. The Kier molecular flexibility index (Phi) is 4.56. The fourth-order valence-electron chi connectivity index (χ4n) is 3.13. The zero-order valence-electron chi connectivity index (χ0n) is 11.3. The Bertz CT molecular complexity index is 564. The minimum absolute atomic E-state index is 0.310. The number of hydrazine groups is 1. The highest BCUT2D eigenvalue weighted by atomic mass is 79.9. The molecule has 2 aromatic rings. The summed E-state index contributed by atoms with van der Waals surface area (Å²) in [6.45, 7) is 0. The molecule has 1 aliphatic carbocycles. The van der Waals surface area contributed by atoms with E-state index in [0.29, 0.717) is 12.0 Å².